The fourth-order valence-electron chi connectivity index (χ4n) is 7.26. The quantitative estimate of drug-likeness (QED) is 0.0381. The highest BCUT2D eigenvalue weighted by Crippen LogP contribution is 2.47. The van der Waals surface area contributed by atoms with Crippen LogP contribution < -0.4 is 11.1 Å². The lowest BCUT2D eigenvalue weighted by Crippen LogP contribution is -2.40. The predicted molar refractivity (Wildman–Crippen MR) is 224 cm³/mol. The summed E-state index contributed by atoms with van der Waals surface area (Å²) in [6, 6.07) is 0. The first-order valence-electron chi connectivity index (χ1n) is 22.0. The molecule has 0 aliphatic carbocycles. The van der Waals surface area contributed by atoms with E-state index in [9.17, 15) is 14.6 Å². The highest BCUT2D eigenvalue weighted by Gasteiger charge is 2.56. The molecular weight excluding hydrogens is 754 g/mol. The molecule has 1 saturated heterocycles. The van der Waals surface area contributed by atoms with Gasteiger partial charge in [-0.3, -0.25) is 13.6 Å². The number of ether oxygens (including phenoxy) is 3. The van der Waals surface area contributed by atoms with Crippen molar-refractivity contribution in [2.75, 3.05) is 51.1 Å². The molecule has 2 unspecified atom stereocenters. The van der Waals surface area contributed by atoms with Gasteiger partial charge in [0.1, 0.15) is 12.2 Å². The van der Waals surface area contributed by atoms with Gasteiger partial charge in [-0.1, -0.05) is 129 Å². The minimum atomic E-state index is -4.61. The van der Waals surface area contributed by atoms with Crippen LogP contribution in [0.3, 0.4) is 0 Å². The number of nitrogens with one attached hydrogen (secondary N) is 1. The van der Waals surface area contributed by atoms with E-state index >= 15 is 4.39 Å². The van der Waals surface area contributed by atoms with Gasteiger partial charge >= 0.3 is 7.82 Å². The molecule has 1 aliphatic heterocycles. The van der Waals surface area contributed by atoms with Crippen LogP contribution in [0.2, 0.25) is 0 Å². The zero-order chi connectivity index (χ0) is 41.4. The molecule has 0 amide bonds. The number of nitrogen functional groups attached to an aromatic ring is 1. The van der Waals surface area contributed by atoms with E-state index in [4.69, 9.17) is 29.0 Å². The van der Waals surface area contributed by atoms with Crippen LogP contribution in [-0.4, -0.2) is 93.6 Å². The largest absolute Gasteiger partial charge is 0.472 e. The average Bonchev–Trinajstić information content (AvgIpc) is 3.70. The van der Waals surface area contributed by atoms with Crippen LogP contribution in [0, 0.1) is 0 Å². The second kappa shape index (κ2) is 27.7. The Kier molecular flexibility index (Phi) is 24.0. The Morgan fingerprint density at radius 2 is 1.42 bits per heavy atom. The van der Waals surface area contributed by atoms with Crippen LogP contribution >= 0.6 is 7.82 Å². The van der Waals surface area contributed by atoms with E-state index in [2.05, 4.69) is 34.1 Å². The number of aliphatic hydroxyl groups is 1. The molecule has 0 spiro atoms. The summed E-state index contributed by atoms with van der Waals surface area (Å²) in [7, 11) is -2.97. The second-order valence-corrected chi connectivity index (χ2v) is 17.3. The number of phosphoric ester groups is 1. The van der Waals surface area contributed by atoms with Gasteiger partial charge in [-0.15, -0.1) is 0 Å². The number of rotatable bonds is 35. The van der Waals surface area contributed by atoms with E-state index < -0.39 is 38.5 Å². The van der Waals surface area contributed by atoms with E-state index in [1.54, 1.807) is 7.05 Å². The third kappa shape index (κ3) is 18.0. The number of alkyl halides is 1. The number of hydrogen-bond acceptors (Lipinski definition) is 12. The molecule has 1 fully saturated rings. The fourth-order valence-corrected chi connectivity index (χ4v) is 8.02. The first-order valence-corrected chi connectivity index (χ1v) is 23.5. The summed E-state index contributed by atoms with van der Waals surface area (Å²) in [5, 5.41) is 13.8. The standard InChI is InChI=1S/C41H76FN6O8P/c1-5-7-9-11-16-19-23-27-52-28-24-20-17-14-13-15-18-22-26-33(53-29-25-21-12-10-8-6-2)30-54-57(50,51)55-31-34-36(49)41(3,42)39(56-34)48-32-45-35-37(44-4)46-40(43)47-38(35)48/h32-34,36,39,49H,5-31H2,1-4H3,(H,50,51)(H3,43,44,46,47)/t33-,34-,36?,39-,41-/m1/s1. The van der Waals surface area contributed by atoms with Gasteiger partial charge in [0.2, 0.25) is 5.95 Å². The number of hydrogen-bond donors (Lipinski definition) is 4. The van der Waals surface area contributed by atoms with E-state index in [0.29, 0.717) is 24.4 Å². The Morgan fingerprint density at radius 3 is 2.00 bits per heavy atom. The minimum absolute atomic E-state index is 0.0586. The second-order valence-electron chi connectivity index (χ2n) is 15.8. The molecule has 0 aromatic carbocycles. The molecule has 0 saturated carbocycles. The van der Waals surface area contributed by atoms with Gasteiger partial charge in [0.05, 0.1) is 25.6 Å². The molecule has 3 heterocycles. The molecule has 14 nitrogen and oxygen atoms in total. The molecule has 2 aromatic rings. The molecule has 57 heavy (non-hydrogen) atoms. The summed E-state index contributed by atoms with van der Waals surface area (Å²) < 4.78 is 58.8. The maximum Gasteiger partial charge on any atom is 0.472 e. The number of halogens is 1. The van der Waals surface area contributed by atoms with Gasteiger partial charge in [0, 0.05) is 26.9 Å². The summed E-state index contributed by atoms with van der Waals surface area (Å²) in [5.74, 6) is 0.288. The third-order valence-corrected chi connectivity index (χ3v) is 11.7. The number of fused-ring (bicyclic) bond motifs is 1. The minimum Gasteiger partial charge on any atom is -0.387 e. The number of nitrogens with zero attached hydrogens (tertiary/aromatic N) is 4. The number of phosphoric acid groups is 1. The first-order chi connectivity index (χ1) is 27.5. The lowest BCUT2D eigenvalue weighted by Gasteiger charge is -2.24. The van der Waals surface area contributed by atoms with Crippen LogP contribution in [0.1, 0.15) is 168 Å². The molecule has 0 bridgehead atoms. The van der Waals surface area contributed by atoms with Gasteiger partial charge in [-0.25, -0.2) is 13.9 Å². The number of unbranched alkanes of at least 4 members (excludes halogenated alkanes) is 18. The normalized spacial score (nSPS) is 21.4. The van der Waals surface area contributed by atoms with Crippen LogP contribution in [0.5, 0.6) is 0 Å². The van der Waals surface area contributed by atoms with E-state index in [1.807, 2.05) is 0 Å². The summed E-state index contributed by atoms with van der Waals surface area (Å²) in [4.78, 5) is 23.2. The predicted octanol–water partition coefficient (Wildman–Crippen LogP) is 9.59. The van der Waals surface area contributed by atoms with Crippen molar-refractivity contribution in [2.45, 2.75) is 192 Å². The zero-order valence-electron chi connectivity index (χ0n) is 35.5. The molecular formula is C41H76FN6O8P. The van der Waals surface area contributed by atoms with Crippen molar-refractivity contribution in [2.24, 2.45) is 0 Å². The molecule has 3 rings (SSSR count). The highest BCUT2D eigenvalue weighted by molar-refractivity contribution is 7.47. The van der Waals surface area contributed by atoms with Gasteiger partial charge in [-0.2, -0.15) is 9.97 Å². The molecule has 16 heteroatoms. The van der Waals surface area contributed by atoms with Gasteiger partial charge in [0.15, 0.2) is 28.9 Å². The number of aromatic nitrogens is 4. The number of anilines is 2. The van der Waals surface area contributed by atoms with Crippen molar-refractivity contribution in [3.8, 4) is 0 Å². The molecule has 2 aromatic heterocycles. The van der Waals surface area contributed by atoms with Crippen LogP contribution in [-0.2, 0) is 27.8 Å². The Balaban J connectivity index is 1.37. The lowest BCUT2D eigenvalue weighted by atomic mass is 9.98. The van der Waals surface area contributed by atoms with Crippen molar-refractivity contribution in [1.82, 2.24) is 19.5 Å². The van der Waals surface area contributed by atoms with Crippen LogP contribution in [0.4, 0.5) is 16.2 Å². The molecule has 6 atom stereocenters. The maximum atomic E-state index is 16.0. The van der Waals surface area contributed by atoms with Crippen molar-refractivity contribution in [3.63, 3.8) is 0 Å². The SMILES string of the molecule is CCCCCCCCCOCCCCCCCCCC[C@H](COP(=O)(O)OC[C@H]1O[C@@H](n2cnc3c(NC)nc(N)nc32)[C@](C)(F)C1O)OCCCCCCCC. The average molecular weight is 831 g/mol. The summed E-state index contributed by atoms with van der Waals surface area (Å²) in [5.41, 5.74) is 4.05. The van der Waals surface area contributed by atoms with Crippen molar-refractivity contribution >= 4 is 30.8 Å². The van der Waals surface area contributed by atoms with Crippen molar-refractivity contribution in [3.05, 3.63) is 6.33 Å². The van der Waals surface area contributed by atoms with Crippen LogP contribution in [0.15, 0.2) is 6.33 Å². The topological polar surface area (TPSA) is 185 Å². The maximum absolute atomic E-state index is 16.0. The Labute approximate surface area is 341 Å². The first kappa shape index (κ1) is 49.4. The number of aliphatic hydroxyl groups excluding tert-OH is 1. The summed E-state index contributed by atoms with van der Waals surface area (Å²) in [6.07, 6.45) is 22.3. The molecule has 1 aliphatic rings. The smallest absolute Gasteiger partial charge is 0.387 e. The van der Waals surface area contributed by atoms with Crippen molar-refractivity contribution in [1.29, 1.82) is 0 Å². The van der Waals surface area contributed by atoms with E-state index in [1.165, 1.54) is 108 Å². The van der Waals surface area contributed by atoms with Gasteiger partial charge in [-0.05, 0) is 32.6 Å². The molecule has 0 radical (unpaired) electrons. The fraction of sp³-hybridized carbons (Fsp3) is 0.878. The lowest BCUT2D eigenvalue weighted by molar-refractivity contribution is -0.0582. The summed E-state index contributed by atoms with van der Waals surface area (Å²) >= 11 is 0. The monoisotopic (exact) mass is 831 g/mol. The van der Waals surface area contributed by atoms with Gasteiger partial charge < -0.3 is 35.3 Å². The zero-order valence-corrected chi connectivity index (χ0v) is 36.4. The Morgan fingerprint density at radius 1 is 0.877 bits per heavy atom. The highest BCUT2D eigenvalue weighted by atomic mass is 31.2. The van der Waals surface area contributed by atoms with Crippen molar-refractivity contribution < 1.29 is 42.2 Å². The Bertz CT molecular complexity index is 1410. The molecule has 330 valence electrons. The van der Waals surface area contributed by atoms with E-state index in [0.717, 1.165) is 58.2 Å². The number of imidazole rings is 1. The van der Waals surface area contributed by atoms with Crippen LogP contribution in [0.25, 0.3) is 11.2 Å². The van der Waals surface area contributed by atoms with E-state index in [-0.39, 0.29) is 24.3 Å². The molecule has 5 N–H and O–H groups in total. The van der Waals surface area contributed by atoms with Gasteiger partial charge in [0.25, 0.3) is 0 Å². The summed E-state index contributed by atoms with van der Waals surface area (Å²) in [6.45, 7) is 7.21. The number of nitrogens with two attached hydrogens (primary N) is 1. The third-order valence-electron chi connectivity index (χ3n) is 10.8. The Hall–Kier alpha value is -1.97.